The van der Waals surface area contributed by atoms with Crippen LogP contribution in [0, 0.1) is 13.8 Å². The van der Waals surface area contributed by atoms with Gasteiger partial charge in [0, 0.05) is 4.47 Å². The summed E-state index contributed by atoms with van der Waals surface area (Å²) in [6.07, 6.45) is 0. The third-order valence-electron chi connectivity index (χ3n) is 1.83. The van der Waals surface area contributed by atoms with Crippen molar-refractivity contribution in [3.8, 4) is 0 Å². The molecule has 0 saturated heterocycles. The second-order valence-electron chi connectivity index (χ2n) is 2.65. The van der Waals surface area contributed by atoms with E-state index in [4.69, 9.17) is 5.11 Å². The molecule has 0 heterocycles. The van der Waals surface area contributed by atoms with Crippen LogP contribution in [0.25, 0.3) is 0 Å². The fourth-order valence-corrected chi connectivity index (χ4v) is 1.60. The third-order valence-corrected chi connectivity index (χ3v) is 2.93. The Morgan fingerprint density at radius 1 is 1.27 bits per heavy atom. The first-order valence-corrected chi connectivity index (χ1v) is 4.31. The number of hydrogen-bond acceptors (Lipinski definition) is 1. The molecule has 0 spiro atoms. The lowest BCUT2D eigenvalue weighted by Crippen LogP contribution is -1.92. The first-order chi connectivity index (χ1) is 5.16. The van der Waals surface area contributed by atoms with Gasteiger partial charge in [0.05, 0.1) is 6.61 Å². The highest BCUT2D eigenvalue weighted by atomic mass is 79.9. The van der Waals surface area contributed by atoms with Crippen molar-refractivity contribution >= 4 is 15.9 Å². The summed E-state index contributed by atoms with van der Waals surface area (Å²) in [7, 11) is 0. The Labute approximate surface area is 75.2 Å². The van der Waals surface area contributed by atoms with Gasteiger partial charge in [-0.2, -0.15) is 0 Å². The molecule has 11 heavy (non-hydrogen) atoms. The first kappa shape index (κ1) is 8.75. The van der Waals surface area contributed by atoms with E-state index in [0.29, 0.717) is 0 Å². The maximum Gasteiger partial charge on any atom is 0.0695 e. The highest BCUT2D eigenvalue weighted by Crippen LogP contribution is 2.23. The molecule has 60 valence electrons. The highest BCUT2D eigenvalue weighted by Gasteiger charge is 2.03. The number of aryl methyl sites for hydroxylation is 2. The zero-order chi connectivity index (χ0) is 8.43. The Hall–Kier alpha value is -0.340. The molecule has 1 aromatic carbocycles. The Balaban J connectivity index is 3.29. The molecule has 1 rings (SSSR count). The minimum absolute atomic E-state index is 0.105. The van der Waals surface area contributed by atoms with Gasteiger partial charge in [0.15, 0.2) is 0 Å². The normalized spacial score (nSPS) is 10.2. The van der Waals surface area contributed by atoms with E-state index in [0.717, 1.165) is 15.6 Å². The molecule has 0 bridgehead atoms. The number of rotatable bonds is 1. The first-order valence-electron chi connectivity index (χ1n) is 3.52. The van der Waals surface area contributed by atoms with Gasteiger partial charge < -0.3 is 5.11 Å². The van der Waals surface area contributed by atoms with Crippen molar-refractivity contribution in [2.75, 3.05) is 0 Å². The van der Waals surface area contributed by atoms with Crippen LogP contribution in [0.1, 0.15) is 16.7 Å². The second-order valence-corrected chi connectivity index (χ2v) is 3.44. The van der Waals surface area contributed by atoms with E-state index in [-0.39, 0.29) is 6.61 Å². The smallest absolute Gasteiger partial charge is 0.0695 e. The van der Waals surface area contributed by atoms with Gasteiger partial charge in [-0.3, -0.25) is 0 Å². The molecular formula is C9H11BrO. The number of aliphatic hydroxyl groups is 1. The van der Waals surface area contributed by atoms with Gasteiger partial charge in [-0.05, 0) is 30.5 Å². The second kappa shape index (κ2) is 3.37. The van der Waals surface area contributed by atoms with E-state index >= 15 is 0 Å². The number of hydrogen-bond donors (Lipinski definition) is 1. The van der Waals surface area contributed by atoms with Crippen LogP contribution < -0.4 is 0 Å². The van der Waals surface area contributed by atoms with Crippen molar-refractivity contribution in [1.29, 1.82) is 0 Å². The average Bonchev–Trinajstić information content (AvgIpc) is 1.99. The van der Waals surface area contributed by atoms with Crippen molar-refractivity contribution in [3.63, 3.8) is 0 Å². The van der Waals surface area contributed by atoms with Crippen LogP contribution in [0.4, 0.5) is 0 Å². The minimum Gasteiger partial charge on any atom is -0.392 e. The summed E-state index contributed by atoms with van der Waals surface area (Å²) < 4.78 is 1.03. The van der Waals surface area contributed by atoms with Crippen LogP contribution in [-0.2, 0) is 6.61 Å². The van der Waals surface area contributed by atoms with E-state index in [9.17, 15) is 0 Å². The van der Waals surface area contributed by atoms with E-state index in [2.05, 4.69) is 15.9 Å². The molecule has 2 heteroatoms. The van der Waals surface area contributed by atoms with Crippen LogP contribution >= 0.6 is 15.9 Å². The molecule has 1 nitrogen and oxygen atoms in total. The van der Waals surface area contributed by atoms with Crippen molar-refractivity contribution in [2.45, 2.75) is 20.5 Å². The molecule has 0 atom stereocenters. The minimum atomic E-state index is 0.105. The Bertz CT molecular complexity index is 269. The lowest BCUT2D eigenvalue weighted by molar-refractivity contribution is 0.280. The summed E-state index contributed by atoms with van der Waals surface area (Å²) in [6, 6.07) is 4.06. The predicted molar refractivity (Wildman–Crippen MR) is 49.5 cm³/mol. The van der Waals surface area contributed by atoms with E-state index in [1.165, 1.54) is 5.56 Å². The van der Waals surface area contributed by atoms with Gasteiger partial charge in [-0.15, -0.1) is 0 Å². The van der Waals surface area contributed by atoms with Gasteiger partial charge >= 0.3 is 0 Å². The summed E-state index contributed by atoms with van der Waals surface area (Å²) in [4.78, 5) is 0. The number of aliphatic hydroxyl groups excluding tert-OH is 1. The highest BCUT2D eigenvalue weighted by molar-refractivity contribution is 9.10. The summed E-state index contributed by atoms with van der Waals surface area (Å²) in [5.41, 5.74) is 3.29. The number of benzene rings is 1. The van der Waals surface area contributed by atoms with Crippen molar-refractivity contribution in [2.24, 2.45) is 0 Å². The fourth-order valence-electron chi connectivity index (χ4n) is 1.03. The molecular weight excluding hydrogens is 204 g/mol. The molecule has 1 N–H and O–H groups in total. The fraction of sp³-hybridized carbons (Fsp3) is 0.333. The maximum absolute atomic E-state index is 8.99. The van der Waals surface area contributed by atoms with Crippen molar-refractivity contribution in [3.05, 3.63) is 33.3 Å². The van der Waals surface area contributed by atoms with E-state index in [1.54, 1.807) is 0 Å². The van der Waals surface area contributed by atoms with Gasteiger partial charge in [-0.25, -0.2) is 0 Å². The quantitative estimate of drug-likeness (QED) is 0.763. The van der Waals surface area contributed by atoms with Gasteiger partial charge in [0.2, 0.25) is 0 Å². The zero-order valence-corrected chi connectivity index (χ0v) is 8.27. The number of halogens is 1. The third kappa shape index (κ3) is 1.63. The molecule has 0 aliphatic carbocycles. The SMILES string of the molecule is Cc1ccc(C)c(CO)c1Br. The summed E-state index contributed by atoms with van der Waals surface area (Å²) in [5, 5.41) is 8.99. The standard InChI is InChI=1S/C9H11BrO/c1-6-3-4-7(2)9(10)8(6)5-11/h3-4,11H,5H2,1-2H3. The lowest BCUT2D eigenvalue weighted by atomic mass is 10.1. The molecule has 0 fully saturated rings. The lowest BCUT2D eigenvalue weighted by Gasteiger charge is -2.07. The molecule has 0 aromatic heterocycles. The molecule has 0 aliphatic rings. The van der Waals surface area contributed by atoms with Crippen molar-refractivity contribution < 1.29 is 5.11 Å². The van der Waals surface area contributed by atoms with E-state index < -0.39 is 0 Å². The predicted octanol–water partition coefficient (Wildman–Crippen LogP) is 2.56. The molecule has 0 radical (unpaired) electrons. The zero-order valence-electron chi connectivity index (χ0n) is 6.69. The van der Waals surface area contributed by atoms with Gasteiger partial charge in [0.25, 0.3) is 0 Å². The Morgan fingerprint density at radius 3 is 2.27 bits per heavy atom. The van der Waals surface area contributed by atoms with Crippen LogP contribution in [-0.4, -0.2) is 5.11 Å². The van der Waals surface area contributed by atoms with E-state index in [1.807, 2.05) is 26.0 Å². The van der Waals surface area contributed by atoms with Crippen molar-refractivity contribution in [1.82, 2.24) is 0 Å². The molecule has 0 saturated carbocycles. The van der Waals surface area contributed by atoms with Crippen LogP contribution in [0.15, 0.2) is 16.6 Å². The van der Waals surface area contributed by atoms with Gasteiger partial charge in [-0.1, -0.05) is 28.1 Å². The molecule has 1 aromatic rings. The molecule has 0 aliphatic heterocycles. The largest absolute Gasteiger partial charge is 0.392 e. The summed E-state index contributed by atoms with van der Waals surface area (Å²) >= 11 is 3.43. The average molecular weight is 215 g/mol. The van der Waals surface area contributed by atoms with Crippen LogP contribution in [0.5, 0.6) is 0 Å². The monoisotopic (exact) mass is 214 g/mol. The van der Waals surface area contributed by atoms with Gasteiger partial charge in [0.1, 0.15) is 0 Å². The van der Waals surface area contributed by atoms with Crippen LogP contribution in [0.2, 0.25) is 0 Å². The molecule has 0 unspecified atom stereocenters. The summed E-state index contributed by atoms with van der Waals surface area (Å²) in [5.74, 6) is 0. The Morgan fingerprint density at radius 2 is 1.82 bits per heavy atom. The molecule has 0 amide bonds. The maximum atomic E-state index is 8.99. The topological polar surface area (TPSA) is 20.2 Å². The Kier molecular flexibility index (Phi) is 2.68. The summed E-state index contributed by atoms with van der Waals surface area (Å²) in [6.45, 7) is 4.12. The van der Waals surface area contributed by atoms with Crippen LogP contribution in [0.3, 0.4) is 0 Å².